The Kier molecular flexibility index (Phi) is 3.03. The first-order valence-corrected chi connectivity index (χ1v) is 5.34. The molecule has 2 aromatic rings. The van der Waals surface area contributed by atoms with Crippen LogP contribution in [0.1, 0.15) is 0 Å². The molecule has 0 aliphatic rings. The average Bonchev–Trinajstić information content (AvgIpc) is 2.58. The Morgan fingerprint density at radius 3 is 2.94 bits per heavy atom. The van der Waals surface area contributed by atoms with E-state index in [0.717, 1.165) is 0 Å². The molecule has 0 bridgehead atoms. The zero-order valence-corrected chi connectivity index (χ0v) is 9.79. The molecule has 0 aliphatic carbocycles. The summed E-state index contributed by atoms with van der Waals surface area (Å²) in [6, 6.07) is 0. The van der Waals surface area contributed by atoms with Crippen LogP contribution in [0.4, 0.5) is 5.82 Å². The van der Waals surface area contributed by atoms with Crippen molar-refractivity contribution in [3.63, 3.8) is 0 Å². The van der Waals surface area contributed by atoms with Gasteiger partial charge < -0.3 is 20.5 Å². The van der Waals surface area contributed by atoms with Crippen LogP contribution in [0, 0.1) is 0 Å². The SMILES string of the molecule is Nc1ncnc2c1nc(Br)n2C[C@H](O)CO. The highest BCUT2D eigenvalue weighted by Gasteiger charge is 2.15. The van der Waals surface area contributed by atoms with Crippen LogP contribution in [0.5, 0.6) is 0 Å². The van der Waals surface area contributed by atoms with Gasteiger partial charge in [-0.2, -0.15) is 0 Å². The molecule has 0 unspecified atom stereocenters. The standard InChI is InChI=1S/C8H10BrN5O2/c9-8-13-5-6(10)11-3-12-7(5)14(8)1-4(16)2-15/h3-4,15-16H,1-2H2,(H2,10,11,12)/t4-/m0/s1. The highest BCUT2D eigenvalue weighted by molar-refractivity contribution is 9.10. The maximum atomic E-state index is 9.39. The number of aromatic nitrogens is 4. The van der Waals surface area contributed by atoms with Crippen LogP contribution in [0.25, 0.3) is 11.2 Å². The quantitative estimate of drug-likeness (QED) is 0.658. The summed E-state index contributed by atoms with van der Waals surface area (Å²) in [6.07, 6.45) is 0.457. The molecule has 16 heavy (non-hydrogen) atoms. The summed E-state index contributed by atoms with van der Waals surface area (Å²) in [5.74, 6) is 0.280. The van der Waals surface area contributed by atoms with Crippen molar-refractivity contribution in [2.45, 2.75) is 12.6 Å². The van der Waals surface area contributed by atoms with E-state index >= 15 is 0 Å². The normalized spacial score (nSPS) is 13.2. The molecule has 2 heterocycles. The number of nitrogens with zero attached hydrogens (tertiary/aromatic N) is 4. The van der Waals surface area contributed by atoms with E-state index in [1.165, 1.54) is 6.33 Å². The van der Waals surface area contributed by atoms with Crippen molar-refractivity contribution in [3.8, 4) is 0 Å². The fraction of sp³-hybridized carbons (Fsp3) is 0.375. The van der Waals surface area contributed by atoms with Crippen LogP contribution in [-0.4, -0.2) is 42.4 Å². The van der Waals surface area contributed by atoms with Gasteiger partial charge in [-0.25, -0.2) is 15.0 Å². The number of hydrogen-bond acceptors (Lipinski definition) is 6. The topological polar surface area (TPSA) is 110 Å². The molecule has 2 aromatic heterocycles. The first kappa shape index (κ1) is 11.2. The van der Waals surface area contributed by atoms with Crippen LogP contribution in [0.15, 0.2) is 11.1 Å². The number of nitrogen functional groups attached to an aromatic ring is 1. The predicted molar refractivity (Wildman–Crippen MR) is 60.5 cm³/mol. The number of aliphatic hydroxyl groups is 2. The Balaban J connectivity index is 2.52. The maximum Gasteiger partial charge on any atom is 0.179 e. The van der Waals surface area contributed by atoms with E-state index in [4.69, 9.17) is 10.8 Å². The minimum atomic E-state index is -0.870. The van der Waals surface area contributed by atoms with Gasteiger partial charge in [0.05, 0.1) is 19.3 Å². The second kappa shape index (κ2) is 4.32. The second-order valence-corrected chi connectivity index (χ2v) is 3.97. The van der Waals surface area contributed by atoms with Crippen LogP contribution in [-0.2, 0) is 6.54 Å². The number of fused-ring (bicyclic) bond motifs is 1. The monoisotopic (exact) mass is 287 g/mol. The van der Waals surface area contributed by atoms with Crippen molar-refractivity contribution in [2.24, 2.45) is 0 Å². The molecular weight excluding hydrogens is 278 g/mol. The summed E-state index contributed by atoms with van der Waals surface area (Å²) in [7, 11) is 0. The number of halogens is 1. The summed E-state index contributed by atoms with van der Waals surface area (Å²) < 4.78 is 2.11. The van der Waals surface area contributed by atoms with E-state index < -0.39 is 6.10 Å². The van der Waals surface area contributed by atoms with Gasteiger partial charge in [-0.05, 0) is 15.9 Å². The van der Waals surface area contributed by atoms with Gasteiger partial charge in [-0.3, -0.25) is 0 Å². The average molecular weight is 288 g/mol. The fourth-order valence-electron chi connectivity index (χ4n) is 1.36. The van der Waals surface area contributed by atoms with Crippen LogP contribution in [0.2, 0.25) is 0 Å². The molecular formula is C8H10BrN5O2. The Labute approximate surface area is 99.1 Å². The highest BCUT2D eigenvalue weighted by atomic mass is 79.9. The van der Waals surface area contributed by atoms with Crippen molar-refractivity contribution in [1.82, 2.24) is 19.5 Å². The molecule has 0 fully saturated rings. The fourth-order valence-corrected chi connectivity index (χ4v) is 1.85. The third-order valence-electron chi connectivity index (χ3n) is 2.12. The van der Waals surface area contributed by atoms with E-state index in [9.17, 15) is 5.11 Å². The Hall–Kier alpha value is -1.25. The molecule has 1 atom stereocenters. The molecule has 0 aromatic carbocycles. The summed E-state index contributed by atoms with van der Waals surface area (Å²) in [4.78, 5) is 12.0. The Morgan fingerprint density at radius 1 is 1.50 bits per heavy atom. The zero-order valence-electron chi connectivity index (χ0n) is 8.21. The molecule has 0 radical (unpaired) electrons. The zero-order chi connectivity index (χ0) is 11.7. The third kappa shape index (κ3) is 1.86. The summed E-state index contributed by atoms with van der Waals surface area (Å²) >= 11 is 3.24. The van der Waals surface area contributed by atoms with Gasteiger partial charge in [-0.1, -0.05) is 0 Å². The molecule has 0 amide bonds. The molecule has 0 saturated heterocycles. The highest BCUT2D eigenvalue weighted by Crippen LogP contribution is 2.21. The largest absolute Gasteiger partial charge is 0.394 e. The van der Waals surface area contributed by atoms with Crippen molar-refractivity contribution in [3.05, 3.63) is 11.1 Å². The van der Waals surface area contributed by atoms with Gasteiger partial charge in [0.2, 0.25) is 0 Å². The van der Waals surface area contributed by atoms with Crippen LogP contribution < -0.4 is 5.73 Å². The van der Waals surface area contributed by atoms with Gasteiger partial charge in [0.25, 0.3) is 0 Å². The molecule has 8 heteroatoms. The number of aliphatic hydroxyl groups excluding tert-OH is 2. The molecule has 86 valence electrons. The van der Waals surface area contributed by atoms with E-state index in [1.807, 2.05) is 0 Å². The molecule has 4 N–H and O–H groups in total. The smallest absolute Gasteiger partial charge is 0.179 e. The lowest BCUT2D eigenvalue weighted by atomic mass is 10.4. The minimum absolute atomic E-state index is 0.185. The second-order valence-electron chi connectivity index (χ2n) is 3.26. The Morgan fingerprint density at radius 2 is 2.25 bits per heavy atom. The summed E-state index contributed by atoms with van der Waals surface area (Å²) in [6.45, 7) is -0.142. The lowest BCUT2D eigenvalue weighted by Crippen LogP contribution is -2.20. The van der Waals surface area contributed by atoms with Gasteiger partial charge >= 0.3 is 0 Å². The lowest BCUT2D eigenvalue weighted by molar-refractivity contribution is 0.0815. The van der Waals surface area contributed by atoms with Crippen molar-refractivity contribution in [2.75, 3.05) is 12.3 Å². The van der Waals surface area contributed by atoms with E-state index in [1.54, 1.807) is 4.57 Å². The summed E-state index contributed by atoms with van der Waals surface area (Å²) in [5, 5.41) is 18.2. The first-order chi connectivity index (χ1) is 7.63. The molecule has 7 nitrogen and oxygen atoms in total. The van der Waals surface area contributed by atoms with Crippen molar-refractivity contribution < 1.29 is 10.2 Å². The molecule has 0 aliphatic heterocycles. The summed E-state index contributed by atoms with van der Waals surface area (Å²) in [5.41, 5.74) is 6.63. The predicted octanol–water partition coefficient (Wildman–Crippen LogP) is -0.476. The first-order valence-electron chi connectivity index (χ1n) is 4.54. The lowest BCUT2D eigenvalue weighted by Gasteiger charge is -2.09. The molecule has 0 saturated carbocycles. The molecule has 2 rings (SSSR count). The molecule has 0 spiro atoms. The number of anilines is 1. The van der Waals surface area contributed by atoms with E-state index in [0.29, 0.717) is 15.9 Å². The van der Waals surface area contributed by atoms with Crippen LogP contribution >= 0.6 is 15.9 Å². The van der Waals surface area contributed by atoms with Crippen molar-refractivity contribution >= 4 is 32.9 Å². The number of imidazole rings is 1. The van der Waals surface area contributed by atoms with E-state index in [-0.39, 0.29) is 19.0 Å². The van der Waals surface area contributed by atoms with Gasteiger partial charge in [0.1, 0.15) is 6.33 Å². The number of rotatable bonds is 3. The van der Waals surface area contributed by atoms with Crippen molar-refractivity contribution in [1.29, 1.82) is 0 Å². The third-order valence-corrected chi connectivity index (χ3v) is 2.72. The number of hydrogen-bond donors (Lipinski definition) is 3. The minimum Gasteiger partial charge on any atom is -0.394 e. The Bertz CT molecular complexity index is 514. The number of nitrogens with two attached hydrogens (primary N) is 1. The van der Waals surface area contributed by atoms with Gasteiger partial charge in [0, 0.05) is 0 Å². The van der Waals surface area contributed by atoms with Gasteiger partial charge in [-0.15, -0.1) is 0 Å². The van der Waals surface area contributed by atoms with E-state index in [2.05, 4.69) is 30.9 Å². The van der Waals surface area contributed by atoms with Crippen LogP contribution in [0.3, 0.4) is 0 Å². The van der Waals surface area contributed by atoms with Gasteiger partial charge in [0.15, 0.2) is 21.7 Å². The maximum absolute atomic E-state index is 9.39.